The first-order valence-electron chi connectivity index (χ1n) is 2.33. The van der Waals surface area contributed by atoms with Crippen LogP contribution >= 0.6 is 0 Å². The monoisotopic (exact) mass is 128 g/mol. The number of rotatable bonds is 1. The SMILES string of the molecule is Oc1nc[nH]c1/C=C/F. The number of imidazole rings is 1. The molecule has 9 heavy (non-hydrogen) atoms. The van der Waals surface area contributed by atoms with E-state index in [1.54, 1.807) is 0 Å². The molecule has 0 aliphatic carbocycles. The van der Waals surface area contributed by atoms with Crippen LogP contribution in [-0.4, -0.2) is 15.1 Å². The second kappa shape index (κ2) is 2.30. The maximum absolute atomic E-state index is 11.4. The first kappa shape index (κ1) is 5.81. The lowest BCUT2D eigenvalue weighted by Gasteiger charge is -1.81. The Kier molecular flexibility index (Phi) is 1.48. The van der Waals surface area contributed by atoms with Crippen molar-refractivity contribution < 1.29 is 9.50 Å². The minimum absolute atomic E-state index is 0.191. The molecule has 1 aromatic rings. The van der Waals surface area contributed by atoms with E-state index in [0.29, 0.717) is 6.33 Å². The van der Waals surface area contributed by atoms with E-state index >= 15 is 0 Å². The van der Waals surface area contributed by atoms with E-state index in [9.17, 15) is 4.39 Å². The number of aromatic amines is 1. The van der Waals surface area contributed by atoms with Crippen molar-refractivity contribution in [2.45, 2.75) is 0 Å². The van der Waals surface area contributed by atoms with Crippen molar-refractivity contribution in [3.8, 4) is 5.88 Å². The Labute approximate surface area is 50.9 Å². The normalized spacial score (nSPS) is 10.8. The van der Waals surface area contributed by atoms with Gasteiger partial charge in [-0.2, -0.15) is 0 Å². The molecule has 0 saturated carbocycles. The van der Waals surface area contributed by atoms with Crippen LogP contribution in [0.3, 0.4) is 0 Å². The smallest absolute Gasteiger partial charge is 0.236 e. The summed E-state index contributed by atoms with van der Waals surface area (Å²) in [5.74, 6) is -0.191. The topological polar surface area (TPSA) is 48.9 Å². The quantitative estimate of drug-likeness (QED) is 0.594. The van der Waals surface area contributed by atoms with Gasteiger partial charge in [-0.25, -0.2) is 9.37 Å². The van der Waals surface area contributed by atoms with Gasteiger partial charge in [-0.1, -0.05) is 0 Å². The van der Waals surface area contributed by atoms with Crippen LogP contribution < -0.4 is 0 Å². The molecule has 0 spiro atoms. The first-order valence-corrected chi connectivity index (χ1v) is 2.33. The molecule has 0 atom stereocenters. The molecule has 0 saturated heterocycles. The van der Waals surface area contributed by atoms with E-state index < -0.39 is 0 Å². The zero-order valence-corrected chi connectivity index (χ0v) is 4.50. The Hall–Kier alpha value is -1.32. The van der Waals surface area contributed by atoms with E-state index in [2.05, 4.69) is 9.97 Å². The Balaban J connectivity index is 2.94. The molecule has 1 rings (SSSR count). The third-order valence-electron chi connectivity index (χ3n) is 0.877. The summed E-state index contributed by atoms with van der Waals surface area (Å²) in [7, 11) is 0. The number of aromatic nitrogens is 2. The Morgan fingerprint density at radius 3 is 3.00 bits per heavy atom. The number of nitrogens with one attached hydrogen (secondary N) is 1. The number of hydrogen-bond donors (Lipinski definition) is 2. The van der Waals surface area contributed by atoms with Gasteiger partial charge in [0.15, 0.2) is 0 Å². The van der Waals surface area contributed by atoms with Crippen LogP contribution in [0.5, 0.6) is 5.88 Å². The van der Waals surface area contributed by atoms with E-state index in [1.165, 1.54) is 6.33 Å². The summed E-state index contributed by atoms with van der Waals surface area (Å²) in [6.45, 7) is 0. The van der Waals surface area contributed by atoms with Crippen molar-refractivity contribution in [3.63, 3.8) is 0 Å². The van der Waals surface area contributed by atoms with Crippen molar-refractivity contribution >= 4 is 6.08 Å². The lowest BCUT2D eigenvalue weighted by molar-refractivity contribution is 0.455. The molecule has 0 aliphatic rings. The highest BCUT2D eigenvalue weighted by Gasteiger charge is 1.95. The highest BCUT2D eigenvalue weighted by molar-refractivity contribution is 5.48. The van der Waals surface area contributed by atoms with Gasteiger partial charge in [0.2, 0.25) is 5.88 Å². The van der Waals surface area contributed by atoms with E-state index in [4.69, 9.17) is 5.11 Å². The van der Waals surface area contributed by atoms with Crippen molar-refractivity contribution in [2.24, 2.45) is 0 Å². The fourth-order valence-electron chi connectivity index (χ4n) is 0.483. The van der Waals surface area contributed by atoms with Gasteiger partial charge in [0.05, 0.1) is 12.7 Å². The Morgan fingerprint density at radius 2 is 2.56 bits per heavy atom. The van der Waals surface area contributed by atoms with Gasteiger partial charge in [0.1, 0.15) is 5.69 Å². The fraction of sp³-hybridized carbons (Fsp3) is 0. The third kappa shape index (κ3) is 1.07. The van der Waals surface area contributed by atoms with Crippen LogP contribution in [0.15, 0.2) is 12.7 Å². The summed E-state index contributed by atoms with van der Waals surface area (Å²) in [4.78, 5) is 5.94. The van der Waals surface area contributed by atoms with E-state index in [0.717, 1.165) is 6.08 Å². The lowest BCUT2D eigenvalue weighted by atomic mass is 10.4. The van der Waals surface area contributed by atoms with Gasteiger partial charge in [-0.05, 0) is 6.08 Å². The molecule has 0 fully saturated rings. The Morgan fingerprint density at radius 1 is 1.78 bits per heavy atom. The summed E-state index contributed by atoms with van der Waals surface area (Å²) in [5.41, 5.74) is 0.275. The lowest BCUT2D eigenvalue weighted by Crippen LogP contribution is -1.67. The molecule has 2 N–H and O–H groups in total. The highest BCUT2D eigenvalue weighted by Crippen LogP contribution is 2.10. The number of hydrogen-bond acceptors (Lipinski definition) is 2. The minimum atomic E-state index is -0.191. The van der Waals surface area contributed by atoms with Crippen molar-refractivity contribution in [1.82, 2.24) is 9.97 Å². The van der Waals surface area contributed by atoms with Gasteiger partial charge in [0, 0.05) is 0 Å². The number of nitrogens with zero attached hydrogens (tertiary/aromatic N) is 1. The molecule has 4 heteroatoms. The van der Waals surface area contributed by atoms with Gasteiger partial charge in [0.25, 0.3) is 0 Å². The molecule has 0 bridgehead atoms. The average Bonchev–Trinajstić information content (AvgIpc) is 2.18. The van der Waals surface area contributed by atoms with Crippen molar-refractivity contribution in [1.29, 1.82) is 0 Å². The van der Waals surface area contributed by atoms with Gasteiger partial charge in [-0.15, -0.1) is 0 Å². The second-order valence-corrected chi connectivity index (χ2v) is 1.43. The molecule has 0 aromatic carbocycles. The summed E-state index contributed by atoms with van der Waals surface area (Å²) < 4.78 is 11.4. The van der Waals surface area contributed by atoms with Crippen LogP contribution in [0.25, 0.3) is 6.08 Å². The van der Waals surface area contributed by atoms with Crippen LogP contribution in [-0.2, 0) is 0 Å². The summed E-state index contributed by atoms with van der Waals surface area (Å²) >= 11 is 0. The zero-order valence-electron chi connectivity index (χ0n) is 4.50. The highest BCUT2D eigenvalue weighted by atomic mass is 19.1. The maximum atomic E-state index is 11.4. The van der Waals surface area contributed by atoms with Gasteiger partial charge in [-0.3, -0.25) is 0 Å². The molecular weight excluding hydrogens is 123 g/mol. The van der Waals surface area contributed by atoms with Crippen molar-refractivity contribution in [2.75, 3.05) is 0 Å². The van der Waals surface area contributed by atoms with Crippen LogP contribution in [0, 0.1) is 0 Å². The summed E-state index contributed by atoms with van der Waals surface area (Å²) in [5, 5.41) is 8.72. The number of H-pyrrole nitrogens is 1. The summed E-state index contributed by atoms with van der Waals surface area (Å²) in [6, 6.07) is 0. The molecule has 0 aliphatic heterocycles. The number of aromatic hydroxyl groups is 1. The largest absolute Gasteiger partial charge is 0.492 e. The standard InChI is InChI=1S/C5H5FN2O/c6-2-1-4-5(9)8-3-7-4/h1-3,9H,(H,7,8)/b2-1+. The zero-order chi connectivity index (χ0) is 6.69. The molecule has 1 aromatic heterocycles. The maximum Gasteiger partial charge on any atom is 0.236 e. The predicted octanol–water partition coefficient (Wildman–Crippen LogP) is 1.06. The van der Waals surface area contributed by atoms with E-state index in [1.807, 2.05) is 0 Å². The molecular formula is C5H5FN2O. The van der Waals surface area contributed by atoms with Crippen LogP contribution in [0.1, 0.15) is 5.69 Å². The molecule has 0 radical (unpaired) electrons. The molecule has 3 nitrogen and oxygen atoms in total. The van der Waals surface area contributed by atoms with E-state index in [-0.39, 0.29) is 11.6 Å². The minimum Gasteiger partial charge on any atom is -0.492 e. The first-order chi connectivity index (χ1) is 4.34. The average molecular weight is 128 g/mol. The molecule has 48 valence electrons. The third-order valence-corrected chi connectivity index (χ3v) is 0.877. The molecule has 1 heterocycles. The number of halogens is 1. The van der Waals surface area contributed by atoms with Crippen molar-refractivity contribution in [3.05, 3.63) is 18.4 Å². The van der Waals surface area contributed by atoms with Crippen LogP contribution in [0.2, 0.25) is 0 Å². The molecule has 0 amide bonds. The molecule has 0 unspecified atom stereocenters. The van der Waals surface area contributed by atoms with Gasteiger partial charge < -0.3 is 10.1 Å². The Bertz CT molecular complexity index is 218. The second-order valence-electron chi connectivity index (χ2n) is 1.43. The fourth-order valence-corrected chi connectivity index (χ4v) is 0.483. The van der Waals surface area contributed by atoms with Crippen LogP contribution in [0.4, 0.5) is 4.39 Å². The van der Waals surface area contributed by atoms with Gasteiger partial charge >= 0.3 is 0 Å². The predicted molar refractivity (Wildman–Crippen MR) is 30.4 cm³/mol. The summed E-state index contributed by atoms with van der Waals surface area (Å²) in [6.07, 6.45) is 2.69.